The summed E-state index contributed by atoms with van der Waals surface area (Å²) in [7, 11) is -2.64. The van der Waals surface area contributed by atoms with Gasteiger partial charge in [-0.25, -0.2) is 8.42 Å². The summed E-state index contributed by atoms with van der Waals surface area (Å²) in [5.41, 5.74) is 0.529. The van der Waals surface area contributed by atoms with Crippen LogP contribution in [0.4, 0.5) is 26.3 Å². The summed E-state index contributed by atoms with van der Waals surface area (Å²) in [6.45, 7) is 10.8. The normalized spacial score (nSPS) is 13.8. The molecule has 0 bridgehead atoms. The number of benzene rings is 2. The molecule has 0 fully saturated rings. The molecule has 0 radical (unpaired) electrons. The maximum absolute atomic E-state index is 12.0. The van der Waals surface area contributed by atoms with E-state index in [4.69, 9.17) is 5.14 Å². The Balaban J connectivity index is 0.000000622. The molecular formula is C24H30F6N2O5S2. The van der Waals surface area contributed by atoms with Gasteiger partial charge >= 0.3 is 12.7 Å². The Hall–Kier alpha value is -2.78. The number of ether oxygens (including phenoxy) is 2. The van der Waals surface area contributed by atoms with Gasteiger partial charge in [-0.3, -0.25) is 9.93 Å². The van der Waals surface area contributed by atoms with Crippen molar-refractivity contribution in [2.45, 2.75) is 63.8 Å². The molecule has 220 valence electrons. The summed E-state index contributed by atoms with van der Waals surface area (Å²) in [6, 6.07) is 10.2. The van der Waals surface area contributed by atoms with E-state index in [-0.39, 0.29) is 16.1 Å². The van der Waals surface area contributed by atoms with Crippen molar-refractivity contribution in [1.29, 1.82) is 0 Å². The fourth-order valence-corrected chi connectivity index (χ4v) is 2.38. The summed E-state index contributed by atoms with van der Waals surface area (Å²) < 4.78 is 104. The lowest BCUT2D eigenvalue weighted by molar-refractivity contribution is -0.275. The molecule has 0 unspecified atom stereocenters. The first-order valence-corrected chi connectivity index (χ1v) is 13.1. The second kappa shape index (κ2) is 15.1. The van der Waals surface area contributed by atoms with Crippen LogP contribution < -0.4 is 14.6 Å². The van der Waals surface area contributed by atoms with Crippen LogP contribution in [0.15, 0.2) is 52.9 Å². The van der Waals surface area contributed by atoms with E-state index < -0.39 is 45.2 Å². The van der Waals surface area contributed by atoms with Crippen LogP contribution in [-0.2, 0) is 22.0 Å². The molecule has 0 amide bonds. The highest BCUT2D eigenvalue weighted by Gasteiger charge is 2.31. The molecule has 2 aromatic carbocycles. The SMILES string of the molecule is CC(C)(C)[S@@](=O)N=Cc1cccc(OC(F)(F)F)c1.CC(C)(C)[S@](N)=O.O=Cc1cccc(OC(F)(F)F)c1. The quantitative estimate of drug-likeness (QED) is 0.246. The third-order valence-electron chi connectivity index (χ3n) is 3.74. The minimum Gasteiger partial charge on any atom is -0.406 e. The molecule has 0 saturated carbocycles. The van der Waals surface area contributed by atoms with E-state index in [0.717, 1.165) is 12.1 Å². The number of hydrogen-bond acceptors (Lipinski definition) is 5. The molecule has 15 heteroatoms. The fourth-order valence-electron chi connectivity index (χ4n) is 1.84. The van der Waals surface area contributed by atoms with Crippen LogP contribution in [-0.4, -0.2) is 43.1 Å². The Kier molecular flexibility index (Phi) is 14.0. The van der Waals surface area contributed by atoms with Gasteiger partial charge in [0.2, 0.25) is 0 Å². The van der Waals surface area contributed by atoms with Crippen LogP contribution in [0, 0.1) is 0 Å². The van der Waals surface area contributed by atoms with Gasteiger partial charge in [0.1, 0.15) is 28.8 Å². The molecule has 0 aromatic heterocycles. The molecule has 2 aromatic rings. The van der Waals surface area contributed by atoms with Crippen LogP contribution in [0.1, 0.15) is 57.5 Å². The van der Waals surface area contributed by atoms with Crippen LogP contribution in [0.3, 0.4) is 0 Å². The van der Waals surface area contributed by atoms with Crippen molar-refractivity contribution in [2.75, 3.05) is 0 Å². The first-order chi connectivity index (χ1) is 17.5. The van der Waals surface area contributed by atoms with Crippen molar-refractivity contribution < 1.29 is 49.0 Å². The number of carbonyl (C=O) groups is 1. The summed E-state index contributed by atoms with van der Waals surface area (Å²) in [4.78, 5) is 10.2. The van der Waals surface area contributed by atoms with Gasteiger partial charge < -0.3 is 9.47 Å². The molecule has 2 N–H and O–H groups in total. The van der Waals surface area contributed by atoms with Crippen molar-refractivity contribution in [1.82, 2.24) is 0 Å². The van der Waals surface area contributed by atoms with E-state index in [2.05, 4.69) is 13.9 Å². The van der Waals surface area contributed by atoms with Gasteiger partial charge in [0.25, 0.3) is 0 Å². The van der Waals surface area contributed by atoms with Crippen molar-refractivity contribution in [3.63, 3.8) is 0 Å². The van der Waals surface area contributed by atoms with Crippen LogP contribution in [0.25, 0.3) is 0 Å². The summed E-state index contributed by atoms with van der Waals surface area (Å²) in [5.74, 6) is -0.727. The van der Waals surface area contributed by atoms with Gasteiger partial charge in [-0.15, -0.1) is 26.3 Å². The van der Waals surface area contributed by atoms with Crippen molar-refractivity contribution >= 4 is 34.5 Å². The summed E-state index contributed by atoms with van der Waals surface area (Å²) in [6.07, 6.45) is -7.74. The minimum absolute atomic E-state index is 0.141. The lowest BCUT2D eigenvalue weighted by Crippen LogP contribution is -2.27. The number of nitrogens with zero attached hydrogens (tertiary/aromatic N) is 1. The van der Waals surface area contributed by atoms with Gasteiger partial charge in [0.05, 0.1) is 20.5 Å². The van der Waals surface area contributed by atoms with E-state index >= 15 is 0 Å². The van der Waals surface area contributed by atoms with Crippen molar-refractivity contribution in [3.05, 3.63) is 59.7 Å². The second-order valence-corrected chi connectivity index (χ2v) is 13.1. The highest BCUT2D eigenvalue weighted by Crippen LogP contribution is 2.24. The van der Waals surface area contributed by atoms with Crippen molar-refractivity contribution in [3.8, 4) is 11.5 Å². The molecule has 0 aliphatic carbocycles. The molecule has 0 heterocycles. The summed E-state index contributed by atoms with van der Waals surface area (Å²) >= 11 is 0. The predicted molar refractivity (Wildman–Crippen MR) is 139 cm³/mol. The minimum atomic E-state index is -4.73. The van der Waals surface area contributed by atoms with Crippen LogP contribution >= 0.6 is 0 Å². The monoisotopic (exact) mass is 604 g/mol. The molecule has 0 saturated heterocycles. The standard InChI is InChI=1S/C12H14F3NO2S.C8H5F3O2.C4H11NOS/c1-11(2,3)19(17)16-8-9-5-4-6-10(7-9)18-12(13,14)15;9-8(10,11)13-7-3-1-2-6(4-7)5-12;1-4(2,3)7(5)6/h4-8H,1-3H3;1-5H;5H2,1-3H3/t19-;;7-/m1.1/s1. The number of carbonyl (C=O) groups excluding carboxylic acids is 1. The van der Waals surface area contributed by atoms with Crippen LogP contribution in [0.5, 0.6) is 11.5 Å². The molecular weight excluding hydrogens is 574 g/mol. The van der Waals surface area contributed by atoms with Crippen molar-refractivity contribution in [2.24, 2.45) is 9.54 Å². The number of hydrogen-bond donors (Lipinski definition) is 1. The molecule has 0 spiro atoms. The van der Waals surface area contributed by atoms with Gasteiger partial charge in [-0.2, -0.15) is 4.40 Å². The fraction of sp³-hybridized carbons (Fsp3) is 0.417. The van der Waals surface area contributed by atoms with E-state index in [9.17, 15) is 39.6 Å². The number of aldehydes is 1. The third-order valence-corrected chi connectivity index (χ3v) is 6.30. The van der Waals surface area contributed by atoms with E-state index in [1.165, 1.54) is 36.5 Å². The average molecular weight is 605 g/mol. The largest absolute Gasteiger partial charge is 0.573 e. The molecule has 39 heavy (non-hydrogen) atoms. The zero-order valence-corrected chi connectivity index (χ0v) is 23.6. The Labute approximate surface area is 228 Å². The van der Waals surface area contributed by atoms with Gasteiger partial charge in [-0.1, -0.05) is 24.3 Å². The second-order valence-electron chi connectivity index (χ2n) is 9.36. The first-order valence-electron chi connectivity index (χ1n) is 10.8. The van der Waals surface area contributed by atoms with E-state index in [1.807, 2.05) is 20.8 Å². The molecule has 0 aliphatic rings. The Morgan fingerprint density at radius 1 is 0.744 bits per heavy atom. The number of rotatable bonds is 5. The number of nitrogens with two attached hydrogens (primary N) is 1. The zero-order valence-electron chi connectivity index (χ0n) is 21.9. The molecule has 2 atom stereocenters. The highest BCUT2D eigenvalue weighted by atomic mass is 32.2. The molecule has 0 aliphatic heterocycles. The molecule has 2 rings (SSSR count). The lowest BCUT2D eigenvalue weighted by Gasteiger charge is -2.12. The Morgan fingerprint density at radius 3 is 1.46 bits per heavy atom. The van der Waals surface area contributed by atoms with E-state index in [1.54, 1.807) is 26.8 Å². The van der Waals surface area contributed by atoms with Gasteiger partial charge in [0, 0.05) is 11.8 Å². The highest BCUT2D eigenvalue weighted by molar-refractivity contribution is 7.85. The smallest absolute Gasteiger partial charge is 0.406 e. The Bertz CT molecular complexity index is 1140. The van der Waals surface area contributed by atoms with Gasteiger partial charge in [-0.05, 0) is 71.4 Å². The van der Waals surface area contributed by atoms with Gasteiger partial charge in [0.15, 0.2) is 0 Å². The third kappa shape index (κ3) is 18.2. The number of alkyl halides is 6. The predicted octanol–water partition coefficient (Wildman–Crippen LogP) is 6.27. The summed E-state index contributed by atoms with van der Waals surface area (Å²) in [5, 5.41) is 5.04. The topological polar surface area (TPSA) is 108 Å². The maximum Gasteiger partial charge on any atom is 0.573 e. The lowest BCUT2D eigenvalue weighted by atomic mass is 10.2. The van der Waals surface area contributed by atoms with Crippen LogP contribution in [0.2, 0.25) is 0 Å². The molecule has 7 nitrogen and oxygen atoms in total. The zero-order chi connectivity index (χ0) is 30.7. The first kappa shape index (κ1) is 36.2. The number of halogens is 6. The Morgan fingerprint density at radius 2 is 1.13 bits per heavy atom. The van der Waals surface area contributed by atoms with E-state index in [0.29, 0.717) is 11.8 Å². The average Bonchev–Trinajstić information content (AvgIpc) is 2.75. The maximum atomic E-state index is 12.0.